The lowest BCUT2D eigenvalue weighted by molar-refractivity contribution is 0.458. The molecule has 0 aliphatic heterocycles. The molecule has 0 spiro atoms. The zero-order chi connectivity index (χ0) is 24.0. The van der Waals surface area contributed by atoms with Crippen LogP contribution in [0.25, 0.3) is 16.7 Å². The number of unbranched alkanes of at least 4 members (excludes halogenated alkanes) is 12. The average Bonchev–Trinajstić information content (AvgIpc) is 3.28. The zero-order valence-corrected chi connectivity index (χ0v) is 21.6. The maximum atomic E-state index is 11.2. The molecule has 0 atom stereocenters. The molecule has 0 amide bonds. The molecule has 0 saturated heterocycles. The highest BCUT2D eigenvalue weighted by Gasteiger charge is 2.14. The number of hydrogen-bond acceptors (Lipinski definition) is 3. The van der Waals surface area contributed by atoms with Crippen LogP contribution in [0.15, 0.2) is 36.4 Å². The lowest BCUT2D eigenvalue weighted by atomic mass is 9.98. The summed E-state index contributed by atoms with van der Waals surface area (Å²) in [6, 6.07) is 12.2. The van der Waals surface area contributed by atoms with Crippen molar-refractivity contribution < 1.29 is 5.11 Å². The Morgan fingerprint density at radius 3 is 1.71 bits per heavy atom. The number of benzene rings is 2. The van der Waals surface area contributed by atoms with Crippen molar-refractivity contribution in [3.05, 3.63) is 47.5 Å². The second-order valence-electron chi connectivity index (χ2n) is 9.84. The van der Waals surface area contributed by atoms with Crippen LogP contribution in [0.4, 0.5) is 0 Å². The Bertz CT molecular complexity index is 945. The van der Waals surface area contributed by atoms with E-state index in [1.165, 1.54) is 89.0 Å². The van der Waals surface area contributed by atoms with Gasteiger partial charge in [0.25, 0.3) is 0 Å². The Hall–Kier alpha value is -2.36. The third-order valence-electron chi connectivity index (χ3n) is 6.85. The molecule has 0 aliphatic rings. The normalized spacial score (nSPS) is 11.5. The van der Waals surface area contributed by atoms with E-state index in [1.807, 2.05) is 24.3 Å². The van der Waals surface area contributed by atoms with Crippen molar-refractivity contribution in [2.45, 2.75) is 117 Å². The van der Waals surface area contributed by atoms with Gasteiger partial charge in [-0.15, -0.1) is 15.0 Å². The van der Waals surface area contributed by atoms with Crippen molar-refractivity contribution in [3.63, 3.8) is 0 Å². The fourth-order valence-corrected chi connectivity index (χ4v) is 4.76. The van der Waals surface area contributed by atoms with E-state index in [1.54, 1.807) is 4.80 Å². The van der Waals surface area contributed by atoms with Gasteiger partial charge in [0.15, 0.2) is 0 Å². The van der Waals surface area contributed by atoms with E-state index in [4.69, 9.17) is 0 Å². The highest BCUT2D eigenvalue weighted by molar-refractivity contribution is 5.73. The number of hydrogen-bond donors (Lipinski definition) is 1. The first kappa shape index (κ1) is 26.2. The highest BCUT2D eigenvalue weighted by Crippen LogP contribution is 2.30. The van der Waals surface area contributed by atoms with Gasteiger partial charge in [-0.2, -0.15) is 0 Å². The van der Waals surface area contributed by atoms with Crippen molar-refractivity contribution in [3.8, 4) is 11.4 Å². The maximum absolute atomic E-state index is 11.2. The van der Waals surface area contributed by atoms with Crippen molar-refractivity contribution in [2.75, 3.05) is 0 Å². The first-order valence-electron chi connectivity index (χ1n) is 13.9. The van der Waals surface area contributed by atoms with Gasteiger partial charge in [0, 0.05) is 0 Å². The fourth-order valence-electron chi connectivity index (χ4n) is 4.76. The minimum Gasteiger partial charge on any atom is -0.505 e. The van der Waals surface area contributed by atoms with Crippen LogP contribution in [0.5, 0.6) is 5.75 Å². The number of nitrogens with zero attached hydrogens (tertiary/aromatic N) is 3. The van der Waals surface area contributed by atoms with Gasteiger partial charge in [-0.1, -0.05) is 109 Å². The number of aromatic hydroxyl groups is 1. The van der Waals surface area contributed by atoms with E-state index in [2.05, 4.69) is 36.2 Å². The Morgan fingerprint density at radius 1 is 0.647 bits per heavy atom. The molecule has 0 saturated carbocycles. The smallest absolute Gasteiger partial charge is 0.146 e. The number of fused-ring (bicyclic) bond motifs is 1. The summed E-state index contributed by atoms with van der Waals surface area (Å²) in [4.78, 5) is 1.63. The summed E-state index contributed by atoms with van der Waals surface area (Å²) < 4.78 is 0. The molecule has 3 aromatic rings. The number of phenolic OH excluding ortho intramolecular Hbond substituents is 1. The van der Waals surface area contributed by atoms with Crippen LogP contribution < -0.4 is 0 Å². The molecule has 2 aromatic carbocycles. The maximum Gasteiger partial charge on any atom is 0.146 e. The van der Waals surface area contributed by atoms with E-state index in [9.17, 15) is 5.11 Å². The van der Waals surface area contributed by atoms with Crippen LogP contribution >= 0.6 is 0 Å². The number of rotatable bonds is 17. The van der Waals surface area contributed by atoms with Crippen LogP contribution in [0.2, 0.25) is 0 Å². The third kappa shape index (κ3) is 8.14. The van der Waals surface area contributed by atoms with Gasteiger partial charge in [-0.05, 0) is 55.0 Å². The molecule has 0 radical (unpaired) electrons. The van der Waals surface area contributed by atoms with Gasteiger partial charge in [-0.3, -0.25) is 0 Å². The molecule has 1 heterocycles. The highest BCUT2D eigenvalue weighted by atomic mass is 16.3. The lowest BCUT2D eigenvalue weighted by Gasteiger charge is -2.13. The predicted octanol–water partition coefficient (Wildman–Crippen LogP) is 8.71. The summed E-state index contributed by atoms with van der Waals surface area (Å²) in [5.41, 5.74) is 4.76. The first-order chi connectivity index (χ1) is 16.7. The summed E-state index contributed by atoms with van der Waals surface area (Å²) in [5, 5.41) is 20.4. The summed E-state index contributed by atoms with van der Waals surface area (Å²) >= 11 is 0. The van der Waals surface area contributed by atoms with Gasteiger partial charge in [-0.25, -0.2) is 0 Å². The minimum atomic E-state index is 0.342. The topological polar surface area (TPSA) is 50.9 Å². The molecular formula is C30H45N3O. The van der Waals surface area contributed by atoms with Crippen molar-refractivity contribution in [1.29, 1.82) is 0 Å². The third-order valence-corrected chi connectivity index (χ3v) is 6.85. The minimum absolute atomic E-state index is 0.342. The van der Waals surface area contributed by atoms with E-state index in [0.29, 0.717) is 11.4 Å². The monoisotopic (exact) mass is 463 g/mol. The number of phenols is 1. The fraction of sp³-hybridized carbons (Fsp3) is 0.600. The molecule has 34 heavy (non-hydrogen) atoms. The summed E-state index contributed by atoms with van der Waals surface area (Å²) in [7, 11) is 0. The molecule has 3 rings (SSSR count). The van der Waals surface area contributed by atoms with E-state index < -0.39 is 0 Å². The largest absolute Gasteiger partial charge is 0.505 e. The van der Waals surface area contributed by atoms with Crippen LogP contribution in [-0.4, -0.2) is 20.1 Å². The molecule has 186 valence electrons. The zero-order valence-electron chi connectivity index (χ0n) is 21.6. The summed E-state index contributed by atoms with van der Waals surface area (Å²) in [6.07, 6.45) is 20.1. The van der Waals surface area contributed by atoms with E-state index in [0.717, 1.165) is 35.9 Å². The number of aryl methyl sites for hydroxylation is 2. The quantitative estimate of drug-likeness (QED) is 0.204. The van der Waals surface area contributed by atoms with Gasteiger partial charge in [0.1, 0.15) is 22.5 Å². The molecule has 1 N–H and O–H groups in total. The second-order valence-corrected chi connectivity index (χ2v) is 9.84. The molecular weight excluding hydrogens is 418 g/mol. The Morgan fingerprint density at radius 2 is 1.15 bits per heavy atom. The molecule has 4 heteroatoms. The Balaban J connectivity index is 1.65. The lowest BCUT2D eigenvalue weighted by Crippen LogP contribution is -2.03. The molecule has 0 unspecified atom stereocenters. The first-order valence-corrected chi connectivity index (χ1v) is 13.9. The van der Waals surface area contributed by atoms with Gasteiger partial charge in [0.2, 0.25) is 0 Å². The Kier molecular flexibility index (Phi) is 11.4. The van der Waals surface area contributed by atoms with Gasteiger partial charge >= 0.3 is 0 Å². The van der Waals surface area contributed by atoms with Crippen LogP contribution in [0.3, 0.4) is 0 Å². The molecule has 1 aromatic heterocycles. The van der Waals surface area contributed by atoms with Crippen LogP contribution in [0.1, 0.15) is 115 Å². The molecule has 0 bridgehead atoms. The van der Waals surface area contributed by atoms with Crippen molar-refractivity contribution in [2.24, 2.45) is 0 Å². The van der Waals surface area contributed by atoms with Crippen LogP contribution in [0, 0.1) is 0 Å². The van der Waals surface area contributed by atoms with Gasteiger partial charge < -0.3 is 5.11 Å². The Labute approximate surface area is 206 Å². The SMILES string of the molecule is CCCCCCCCCCCc1cc(CCCCCCC)cc(-n2nc3ccccc3n2)c1O. The average molecular weight is 464 g/mol. The van der Waals surface area contributed by atoms with E-state index in [-0.39, 0.29) is 0 Å². The van der Waals surface area contributed by atoms with Crippen LogP contribution in [-0.2, 0) is 12.8 Å². The predicted molar refractivity (Wildman–Crippen MR) is 144 cm³/mol. The molecule has 4 nitrogen and oxygen atoms in total. The second kappa shape index (κ2) is 14.8. The molecule has 0 aliphatic carbocycles. The van der Waals surface area contributed by atoms with Crippen molar-refractivity contribution >= 4 is 11.0 Å². The van der Waals surface area contributed by atoms with E-state index >= 15 is 0 Å². The molecule has 0 fully saturated rings. The van der Waals surface area contributed by atoms with Gasteiger partial charge in [0.05, 0.1) is 0 Å². The van der Waals surface area contributed by atoms with Crippen molar-refractivity contribution in [1.82, 2.24) is 15.0 Å². The summed E-state index contributed by atoms with van der Waals surface area (Å²) in [6.45, 7) is 4.53. The number of aromatic nitrogens is 3. The summed E-state index contributed by atoms with van der Waals surface area (Å²) in [5.74, 6) is 0.342. The standard InChI is InChI=1S/C30H45N3O/c1-3-5-7-9-10-11-12-14-16-20-26-23-25(19-15-13-8-6-4-2)24-29(30(26)34)33-31-27-21-17-18-22-28(27)32-33/h17-18,21-24,34H,3-16,19-20H2,1-2H3.